The Morgan fingerprint density at radius 1 is 1.24 bits per heavy atom. The monoisotopic (exact) mass is 394 g/mol. The smallest absolute Gasteiger partial charge is 0.274 e. The van der Waals surface area contributed by atoms with Crippen molar-refractivity contribution in [2.24, 2.45) is 4.99 Å². The Morgan fingerprint density at radius 2 is 2.00 bits per heavy atom. The van der Waals surface area contributed by atoms with Gasteiger partial charge in [-0.05, 0) is 58.7 Å². The standard InChI is InChI=1S/C22H30N6O/c1-5-28-14-11-18(26-28)19(29)27-13-8-12-22(15-27)20(25-21(2,3)4)23-16-9-6-7-10-17(16)24-22/h6-7,9-11,14,24H,5,8,12-13,15H2,1-4H3,(H,23,25)/t22-/m1/s1. The molecule has 2 aliphatic heterocycles. The Kier molecular flexibility index (Phi) is 4.84. The van der Waals surface area contributed by atoms with E-state index < -0.39 is 5.54 Å². The summed E-state index contributed by atoms with van der Waals surface area (Å²) >= 11 is 0. The molecule has 1 aromatic carbocycles. The lowest BCUT2D eigenvalue weighted by Gasteiger charge is -2.47. The fraction of sp³-hybridized carbons (Fsp3) is 0.500. The van der Waals surface area contributed by atoms with Gasteiger partial charge in [0.05, 0.1) is 23.5 Å². The van der Waals surface area contributed by atoms with Crippen LogP contribution in [0.1, 0.15) is 51.0 Å². The van der Waals surface area contributed by atoms with E-state index in [9.17, 15) is 4.79 Å². The summed E-state index contributed by atoms with van der Waals surface area (Å²) in [7, 11) is 0. The molecule has 1 aromatic heterocycles. The molecule has 1 fully saturated rings. The van der Waals surface area contributed by atoms with Crippen LogP contribution in [0.4, 0.5) is 11.4 Å². The number of carbonyl (C=O) groups is 1. The fourth-order valence-electron chi connectivity index (χ4n) is 4.07. The number of hydrogen-bond acceptors (Lipinski definition) is 4. The SMILES string of the molecule is CCn1ccc(C(=O)N2CCC[C@]3(C2)Nc2ccccc2NC3=NC(C)(C)C)n1. The van der Waals surface area contributed by atoms with Crippen molar-refractivity contribution >= 4 is 23.1 Å². The molecule has 4 rings (SSSR count). The Morgan fingerprint density at radius 3 is 2.69 bits per heavy atom. The first-order valence-electron chi connectivity index (χ1n) is 10.4. The molecule has 0 aliphatic carbocycles. The van der Waals surface area contributed by atoms with Gasteiger partial charge in [0.15, 0.2) is 0 Å². The number of para-hydroxylation sites is 2. The van der Waals surface area contributed by atoms with Crippen LogP contribution >= 0.6 is 0 Å². The predicted molar refractivity (Wildman–Crippen MR) is 117 cm³/mol. The van der Waals surface area contributed by atoms with Gasteiger partial charge in [-0.15, -0.1) is 0 Å². The lowest BCUT2D eigenvalue weighted by molar-refractivity contribution is 0.0687. The summed E-state index contributed by atoms with van der Waals surface area (Å²) in [5.74, 6) is 0.882. The number of hydrogen-bond donors (Lipinski definition) is 2. The highest BCUT2D eigenvalue weighted by atomic mass is 16.2. The molecule has 3 heterocycles. The molecule has 1 spiro atoms. The second kappa shape index (κ2) is 7.21. The van der Waals surface area contributed by atoms with Crippen LogP contribution in [0.5, 0.6) is 0 Å². The quantitative estimate of drug-likeness (QED) is 0.816. The van der Waals surface area contributed by atoms with E-state index >= 15 is 0 Å². The van der Waals surface area contributed by atoms with Crippen LogP contribution in [0, 0.1) is 0 Å². The summed E-state index contributed by atoms with van der Waals surface area (Å²) in [6.07, 6.45) is 3.67. The lowest BCUT2D eigenvalue weighted by Crippen LogP contribution is -2.63. The van der Waals surface area contributed by atoms with Crippen LogP contribution in [-0.4, -0.2) is 50.6 Å². The van der Waals surface area contributed by atoms with Gasteiger partial charge in [-0.1, -0.05) is 12.1 Å². The number of carbonyl (C=O) groups excluding carboxylic acids is 1. The molecule has 0 radical (unpaired) electrons. The highest BCUT2D eigenvalue weighted by Gasteiger charge is 2.45. The third-order valence-corrected chi connectivity index (χ3v) is 5.42. The van der Waals surface area contributed by atoms with E-state index in [0.29, 0.717) is 12.2 Å². The number of benzene rings is 1. The molecular formula is C22H30N6O. The first-order chi connectivity index (χ1) is 13.8. The topological polar surface area (TPSA) is 74.6 Å². The number of nitrogens with zero attached hydrogens (tertiary/aromatic N) is 4. The summed E-state index contributed by atoms with van der Waals surface area (Å²) in [6, 6.07) is 9.97. The normalized spacial score (nSPS) is 22.9. The molecule has 0 saturated carbocycles. The first kappa shape index (κ1) is 19.5. The van der Waals surface area contributed by atoms with E-state index in [2.05, 4.69) is 48.6 Å². The third-order valence-electron chi connectivity index (χ3n) is 5.42. The van der Waals surface area contributed by atoms with Crippen molar-refractivity contribution in [3.63, 3.8) is 0 Å². The molecule has 1 amide bonds. The molecule has 1 atom stereocenters. The maximum atomic E-state index is 13.2. The first-order valence-corrected chi connectivity index (χ1v) is 10.4. The molecular weight excluding hydrogens is 364 g/mol. The zero-order valence-electron chi connectivity index (χ0n) is 17.7. The van der Waals surface area contributed by atoms with Crippen molar-refractivity contribution in [1.29, 1.82) is 0 Å². The maximum Gasteiger partial charge on any atom is 0.274 e. The molecule has 29 heavy (non-hydrogen) atoms. The average molecular weight is 395 g/mol. The molecule has 1 saturated heterocycles. The van der Waals surface area contributed by atoms with Gasteiger partial charge in [0.25, 0.3) is 5.91 Å². The lowest BCUT2D eigenvalue weighted by atomic mass is 9.84. The van der Waals surface area contributed by atoms with Gasteiger partial charge < -0.3 is 15.5 Å². The van der Waals surface area contributed by atoms with Crippen LogP contribution in [0.15, 0.2) is 41.5 Å². The number of aryl methyl sites for hydroxylation is 1. The van der Waals surface area contributed by atoms with E-state index in [0.717, 1.165) is 43.1 Å². The third kappa shape index (κ3) is 3.86. The van der Waals surface area contributed by atoms with Crippen LogP contribution in [0.2, 0.25) is 0 Å². The van der Waals surface area contributed by atoms with Crippen molar-refractivity contribution in [2.75, 3.05) is 23.7 Å². The number of amides is 1. The number of aliphatic imine (C=N–C) groups is 1. The van der Waals surface area contributed by atoms with Crippen LogP contribution < -0.4 is 10.6 Å². The average Bonchev–Trinajstić information content (AvgIpc) is 3.16. The van der Waals surface area contributed by atoms with Crippen LogP contribution in [0.25, 0.3) is 0 Å². The Hall–Kier alpha value is -2.83. The number of aromatic nitrogens is 2. The number of rotatable bonds is 2. The minimum Gasteiger partial charge on any atom is -0.370 e. The Bertz CT molecular complexity index is 941. The highest BCUT2D eigenvalue weighted by molar-refractivity contribution is 6.10. The van der Waals surface area contributed by atoms with Crippen molar-refractivity contribution < 1.29 is 4.79 Å². The molecule has 154 valence electrons. The minimum atomic E-state index is -0.428. The largest absolute Gasteiger partial charge is 0.370 e. The van der Waals surface area contributed by atoms with Crippen molar-refractivity contribution in [3.8, 4) is 0 Å². The molecule has 7 nitrogen and oxygen atoms in total. The Labute approximate surface area is 172 Å². The summed E-state index contributed by atoms with van der Waals surface area (Å²) in [5, 5.41) is 11.7. The zero-order chi connectivity index (χ0) is 20.6. The number of amidine groups is 1. The van der Waals surface area contributed by atoms with Gasteiger partial charge in [-0.25, -0.2) is 0 Å². The van der Waals surface area contributed by atoms with Crippen molar-refractivity contribution in [3.05, 3.63) is 42.2 Å². The van der Waals surface area contributed by atoms with Crippen LogP contribution in [-0.2, 0) is 6.54 Å². The summed E-state index contributed by atoms with van der Waals surface area (Å²) < 4.78 is 1.79. The summed E-state index contributed by atoms with van der Waals surface area (Å²) in [4.78, 5) is 20.1. The molecule has 0 bridgehead atoms. The number of fused-ring (bicyclic) bond motifs is 1. The van der Waals surface area contributed by atoms with Crippen molar-refractivity contribution in [2.45, 2.75) is 58.2 Å². The summed E-state index contributed by atoms with van der Waals surface area (Å²) in [5.41, 5.74) is 1.91. The van der Waals surface area contributed by atoms with Gasteiger partial charge in [0.1, 0.15) is 17.1 Å². The molecule has 2 aliphatic rings. The van der Waals surface area contributed by atoms with Gasteiger partial charge in [0, 0.05) is 19.3 Å². The number of piperidine rings is 1. The van der Waals surface area contributed by atoms with Gasteiger partial charge in [0.2, 0.25) is 0 Å². The molecule has 2 aromatic rings. The van der Waals surface area contributed by atoms with E-state index in [-0.39, 0.29) is 11.4 Å². The number of nitrogens with one attached hydrogen (secondary N) is 2. The summed E-state index contributed by atoms with van der Waals surface area (Å²) in [6.45, 7) is 10.3. The number of anilines is 2. The van der Waals surface area contributed by atoms with Crippen LogP contribution in [0.3, 0.4) is 0 Å². The van der Waals surface area contributed by atoms with E-state index in [4.69, 9.17) is 4.99 Å². The minimum absolute atomic E-state index is 0.0213. The van der Waals surface area contributed by atoms with Gasteiger partial charge in [-0.2, -0.15) is 5.10 Å². The van der Waals surface area contributed by atoms with E-state index in [1.807, 2.05) is 30.2 Å². The molecule has 0 unspecified atom stereocenters. The van der Waals surface area contributed by atoms with Crippen molar-refractivity contribution in [1.82, 2.24) is 14.7 Å². The van der Waals surface area contributed by atoms with E-state index in [1.54, 1.807) is 10.7 Å². The van der Waals surface area contributed by atoms with E-state index in [1.165, 1.54) is 0 Å². The molecule has 2 N–H and O–H groups in total. The predicted octanol–water partition coefficient (Wildman–Crippen LogP) is 3.61. The molecule has 7 heteroatoms. The second-order valence-electron chi connectivity index (χ2n) is 8.90. The fourth-order valence-corrected chi connectivity index (χ4v) is 4.07. The second-order valence-corrected chi connectivity index (χ2v) is 8.90. The van der Waals surface area contributed by atoms with Gasteiger partial charge in [-0.3, -0.25) is 14.5 Å². The zero-order valence-corrected chi connectivity index (χ0v) is 17.7. The highest BCUT2D eigenvalue weighted by Crippen LogP contribution is 2.37. The number of likely N-dealkylation sites (tertiary alicyclic amines) is 1. The van der Waals surface area contributed by atoms with Gasteiger partial charge >= 0.3 is 0 Å². The Balaban J connectivity index is 1.68. The maximum absolute atomic E-state index is 13.2.